The highest BCUT2D eigenvalue weighted by molar-refractivity contribution is 9.11. The molecule has 2 aromatic rings. The molecule has 0 spiro atoms. The van der Waals surface area contributed by atoms with Gasteiger partial charge >= 0.3 is 0 Å². The molecule has 0 radical (unpaired) electrons. The lowest BCUT2D eigenvalue weighted by Crippen LogP contribution is -2.18. The van der Waals surface area contributed by atoms with Gasteiger partial charge in [0.05, 0.1) is 3.79 Å². The van der Waals surface area contributed by atoms with E-state index in [4.69, 9.17) is 0 Å². The SMILES string of the molecule is CNC(Cc1ccc(C)cc1)c1cc(Br)sc1C. The van der Waals surface area contributed by atoms with Crippen LogP contribution in [0, 0.1) is 13.8 Å². The third-order valence-electron chi connectivity index (χ3n) is 3.21. The summed E-state index contributed by atoms with van der Waals surface area (Å²) < 4.78 is 1.21. The third kappa shape index (κ3) is 3.22. The number of thiophene rings is 1. The maximum absolute atomic E-state index is 3.57. The van der Waals surface area contributed by atoms with Gasteiger partial charge in [-0.3, -0.25) is 0 Å². The zero-order chi connectivity index (χ0) is 13.1. The van der Waals surface area contributed by atoms with Gasteiger partial charge in [-0.15, -0.1) is 11.3 Å². The molecule has 1 unspecified atom stereocenters. The molecule has 1 aromatic heterocycles. The van der Waals surface area contributed by atoms with Crippen molar-refractivity contribution in [2.45, 2.75) is 26.3 Å². The molecule has 0 bridgehead atoms. The van der Waals surface area contributed by atoms with Crippen LogP contribution < -0.4 is 5.32 Å². The van der Waals surface area contributed by atoms with E-state index in [0.717, 1.165) is 6.42 Å². The van der Waals surface area contributed by atoms with Crippen molar-refractivity contribution in [1.29, 1.82) is 0 Å². The molecule has 3 heteroatoms. The number of aryl methyl sites for hydroxylation is 2. The Labute approximate surface area is 121 Å². The van der Waals surface area contributed by atoms with Crippen molar-refractivity contribution >= 4 is 27.3 Å². The summed E-state index contributed by atoms with van der Waals surface area (Å²) in [5.74, 6) is 0. The zero-order valence-electron chi connectivity index (χ0n) is 11.0. The number of rotatable bonds is 4. The molecule has 0 aliphatic carbocycles. The molecule has 0 amide bonds. The summed E-state index contributed by atoms with van der Waals surface area (Å²) in [7, 11) is 2.03. The Morgan fingerprint density at radius 2 is 1.89 bits per heavy atom. The number of hydrogen-bond acceptors (Lipinski definition) is 2. The van der Waals surface area contributed by atoms with Crippen LogP contribution in [0.15, 0.2) is 34.1 Å². The van der Waals surface area contributed by atoms with Crippen molar-refractivity contribution in [2.24, 2.45) is 0 Å². The molecule has 2 rings (SSSR count). The molecule has 96 valence electrons. The molecule has 0 aliphatic rings. The lowest BCUT2D eigenvalue weighted by molar-refractivity contribution is 0.591. The van der Waals surface area contributed by atoms with Crippen LogP contribution >= 0.6 is 27.3 Å². The maximum atomic E-state index is 3.57. The second kappa shape index (κ2) is 6.00. The quantitative estimate of drug-likeness (QED) is 0.864. The number of benzene rings is 1. The fraction of sp³-hybridized carbons (Fsp3) is 0.333. The van der Waals surface area contributed by atoms with Crippen LogP contribution in [0.25, 0.3) is 0 Å². The predicted octanol–water partition coefficient (Wildman–Crippen LogP) is 4.63. The first-order valence-corrected chi connectivity index (χ1v) is 7.69. The molecule has 1 heterocycles. The highest BCUT2D eigenvalue weighted by atomic mass is 79.9. The topological polar surface area (TPSA) is 12.0 Å². The van der Waals surface area contributed by atoms with Gasteiger partial charge < -0.3 is 5.32 Å². The first kappa shape index (κ1) is 13.8. The fourth-order valence-corrected chi connectivity index (χ4v) is 3.90. The van der Waals surface area contributed by atoms with E-state index in [9.17, 15) is 0 Å². The Morgan fingerprint density at radius 1 is 1.22 bits per heavy atom. The maximum Gasteiger partial charge on any atom is 0.0704 e. The summed E-state index contributed by atoms with van der Waals surface area (Å²) in [5.41, 5.74) is 4.09. The van der Waals surface area contributed by atoms with Crippen LogP contribution in [-0.2, 0) is 6.42 Å². The van der Waals surface area contributed by atoms with Gasteiger partial charge in [0.2, 0.25) is 0 Å². The van der Waals surface area contributed by atoms with Gasteiger partial charge in [-0.05, 0) is 60.4 Å². The number of hydrogen-bond donors (Lipinski definition) is 1. The van der Waals surface area contributed by atoms with Crippen LogP contribution in [0.2, 0.25) is 0 Å². The second-order valence-corrected chi connectivity index (χ2v) is 7.23. The second-order valence-electron chi connectivity index (χ2n) is 4.59. The van der Waals surface area contributed by atoms with Crippen molar-refractivity contribution in [2.75, 3.05) is 7.05 Å². The highest BCUT2D eigenvalue weighted by Gasteiger charge is 2.15. The lowest BCUT2D eigenvalue weighted by atomic mass is 9.99. The molecule has 0 saturated heterocycles. The molecule has 1 nitrogen and oxygen atoms in total. The standard InChI is InChI=1S/C15H18BrNS/c1-10-4-6-12(7-5-10)8-14(17-3)13-9-15(16)18-11(13)2/h4-7,9,14,17H,8H2,1-3H3. The summed E-state index contributed by atoms with van der Waals surface area (Å²) in [6.07, 6.45) is 1.03. The Bertz CT molecular complexity index is 516. The van der Waals surface area contributed by atoms with Gasteiger partial charge in [0.25, 0.3) is 0 Å². The summed E-state index contributed by atoms with van der Waals surface area (Å²) in [5, 5.41) is 3.42. The Morgan fingerprint density at radius 3 is 2.39 bits per heavy atom. The Kier molecular flexibility index (Phi) is 4.60. The fourth-order valence-electron chi connectivity index (χ4n) is 2.13. The highest BCUT2D eigenvalue weighted by Crippen LogP contribution is 2.31. The molecular weight excluding hydrogens is 306 g/mol. The van der Waals surface area contributed by atoms with Crippen molar-refractivity contribution in [3.8, 4) is 0 Å². The van der Waals surface area contributed by atoms with E-state index in [1.807, 2.05) is 7.05 Å². The molecule has 0 aliphatic heterocycles. The molecule has 18 heavy (non-hydrogen) atoms. The first-order valence-electron chi connectivity index (χ1n) is 6.09. The van der Waals surface area contributed by atoms with Gasteiger partial charge in [0, 0.05) is 10.9 Å². The van der Waals surface area contributed by atoms with Gasteiger partial charge in [0.1, 0.15) is 0 Å². The van der Waals surface area contributed by atoms with Gasteiger partial charge in [-0.1, -0.05) is 29.8 Å². The third-order valence-corrected chi connectivity index (χ3v) is 4.78. The van der Waals surface area contributed by atoms with E-state index in [0.29, 0.717) is 6.04 Å². The van der Waals surface area contributed by atoms with E-state index in [-0.39, 0.29) is 0 Å². The summed E-state index contributed by atoms with van der Waals surface area (Å²) in [6.45, 7) is 4.31. The largest absolute Gasteiger partial charge is 0.313 e. The Hall–Kier alpha value is -0.640. The Balaban J connectivity index is 2.19. The van der Waals surface area contributed by atoms with E-state index in [2.05, 4.69) is 65.4 Å². The first-order chi connectivity index (χ1) is 8.60. The monoisotopic (exact) mass is 323 g/mol. The summed E-state index contributed by atoms with van der Waals surface area (Å²) >= 11 is 5.37. The molecule has 0 saturated carbocycles. The molecule has 1 N–H and O–H groups in total. The molecule has 1 atom stereocenters. The zero-order valence-corrected chi connectivity index (χ0v) is 13.4. The van der Waals surface area contributed by atoms with E-state index < -0.39 is 0 Å². The van der Waals surface area contributed by atoms with Crippen molar-refractivity contribution in [3.05, 3.63) is 55.7 Å². The molecular formula is C15H18BrNS. The average molecular weight is 324 g/mol. The number of nitrogens with one attached hydrogen (secondary N) is 1. The van der Waals surface area contributed by atoms with Crippen LogP contribution in [0.4, 0.5) is 0 Å². The number of halogens is 1. The van der Waals surface area contributed by atoms with Crippen LogP contribution in [-0.4, -0.2) is 7.05 Å². The molecule has 0 fully saturated rings. The summed E-state index contributed by atoms with van der Waals surface area (Å²) in [6, 6.07) is 11.4. The van der Waals surface area contributed by atoms with E-state index in [1.165, 1.54) is 25.4 Å². The van der Waals surface area contributed by atoms with Crippen LogP contribution in [0.1, 0.15) is 27.6 Å². The van der Waals surface area contributed by atoms with Crippen LogP contribution in [0.5, 0.6) is 0 Å². The normalized spacial score (nSPS) is 12.7. The van der Waals surface area contributed by atoms with E-state index in [1.54, 1.807) is 11.3 Å². The van der Waals surface area contributed by atoms with Crippen LogP contribution in [0.3, 0.4) is 0 Å². The minimum Gasteiger partial charge on any atom is -0.313 e. The molecule has 1 aromatic carbocycles. The van der Waals surface area contributed by atoms with Crippen molar-refractivity contribution in [3.63, 3.8) is 0 Å². The van der Waals surface area contributed by atoms with Gasteiger partial charge in [-0.2, -0.15) is 0 Å². The smallest absolute Gasteiger partial charge is 0.0704 e. The lowest BCUT2D eigenvalue weighted by Gasteiger charge is -2.16. The number of likely N-dealkylation sites (N-methyl/N-ethyl adjacent to an activating group) is 1. The van der Waals surface area contributed by atoms with Gasteiger partial charge in [-0.25, -0.2) is 0 Å². The van der Waals surface area contributed by atoms with Crippen molar-refractivity contribution < 1.29 is 0 Å². The average Bonchev–Trinajstić information content (AvgIpc) is 2.68. The van der Waals surface area contributed by atoms with Gasteiger partial charge in [0.15, 0.2) is 0 Å². The summed E-state index contributed by atoms with van der Waals surface area (Å²) in [4.78, 5) is 1.38. The predicted molar refractivity (Wildman–Crippen MR) is 83.4 cm³/mol. The minimum atomic E-state index is 0.384. The van der Waals surface area contributed by atoms with E-state index >= 15 is 0 Å². The minimum absolute atomic E-state index is 0.384. The van der Waals surface area contributed by atoms with Crippen molar-refractivity contribution in [1.82, 2.24) is 5.32 Å².